The van der Waals surface area contributed by atoms with Gasteiger partial charge in [0.05, 0.1) is 6.61 Å². The third kappa shape index (κ3) is 4.65. The minimum absolute atomic E-state index is 0.206. The van der Waals surface area contributed by atoms with Crippen molar-refractivity contribution >= 4 is 17.9 Å². The quantitative estimate of drug-likeness (QED) is 0.579. The smallest absolute Gasteiger partial charge is 0.320 e. The molecule has 0 atom stereocenters. The van der Waals surface area contributed by atoms with Crippen LogP contribution in [0.1, 0.15) is 12.5 Å². The molecule has 3 N–H and O–H groups in total. The number of nitrogens with one attached hydrogen (secondary N) is 1. The van der Waals surface area contributed by atoms with Crippen LogP contribution in [0.3, 0.4) is 0 Å². The molecule has 4 nitrogen and oxygen atoms in total. The molecule has 1 aromatic carbocycles. The molecule has 0 heterocycles. The maximum atomic E-state index is 11.0. The molecular weight excluding hydrogens is 224 g/mol. The second kappa shape index (κ2) is 7.27. The molecule has 0 radical (unpaired) electrons. The predicted molar refractivity (Wildman–Crippen MR) is 64.8 cm³/mol. The molecule has 0 unspecified atom stereocenters. The summed E-state index contributed by atoms with van der Waals surface area (Å²) in [7, 11) is 0. The summed E-state index contributed by atoms with van der Waals surface area (Å²) >= 11 is 1.40. The maximum Gasteiger partial charge on any atom is 0.320 e. The van der Waals surface area contributed by atoms with E-state index in [2.05, 4.69) is 4.72 Å². The molecule has 0 saturated heterocycles. The summed E-state index contributed by atoms with van der Waals surface area (Å²) in [6, 6.07) is 7.86. The van der Waals surface area contributed by atoms with E-state index in [1.54, 1.807) is 6.92 Å². The van der Waals surface area contributed by atoms with Gasteiger partial charge in [0.1, 0.15) is 6.54 Å². The average Bonchev–Trinajstić information content (AvgIpc) is 2.30. The first-order chi connectivity index (χ1) is 7.76. The van der Waals surface area contributed by atoms with E-state index in [4.69, 9.17) is 10.5 Å². The number of nitrogens with two attached hydrogens (primary N) is 1. The largest absolute Gasteiger partial charge is 0.465 e. The minimum atomic E-state index is -0.242. The number of carbonyl (C=O) groups excluding carboxylic acids is 1. The van der Waals surface area contributed by atoms with Crippen LogP contribution in [0.2, 0.25) is 0 Å². The SMILES string of the molecule is CCOC(=O)CNSc1ccc(CN)cc1. The fraction of sp³-hybridized carbons (Fsp3) is 0.364. The van der Waals surface area contributed by atoms with Gasteiger partial charge in [-0.2, -0.15) is 0 Å². The van der Waals surface area contributed by atoms with E-state index in [-0.39, 0.29) is 12.5 Å². The molecule has 0 aromatic heterocycles. The molecule has 0 fully saturated rings. The first-order valence-electron chi connectivity index (χ1n) is 5.10. The van der Waals surface area contributed by atoms with Gasteiger partial charge in [0.2, 0.25) is 0 Å². The van der Waals surface area contributed by atoms with Gasteiger partial charge in [0, 0.05) is 11.4 Å². The van der Waals surface area contributed by atoms with E-state index in [1.807, 2.05) is 24.3 Å². The fourth-order valence-electron chi connectivity index (χ4n) is 1.08. The van der Waals surface area contributed by atoms with Crippen molar-refractivity contribution in [1.29, 1.82) is 0 Å². The number of benzene rings is 1. The van der Waals surface area contributed by atoms with Crippen molar-refractivity contribution < 1.29 is 9.53 Å². The van der Waals surface area contributed by atoms with Gasteiger partial charge in [-0.05, 0) is 36.6 Å². The van der Waals surface area contributed by atoms with Gasteiger partial charge in [0.25, 0.3) is 0 Å². The van der Waals surface area contributed by atoms with Crippen molar-refractivity contribution in [2.24, 2.45) is 5.73 Å². The molecule has 1 rings (SSSR count). The van der Waals surface area contributed by atoms with E-state index in [0.717, 1.165) is 10.5 Å². The lowest BCUT2D eigenvalue weighted by molar-refractivity contribution is -0.141. The summed E-state index contributed by atoms with van der Waals surface area (Å²) in [6.07, 6.45) is 0. The highest BCUT2D eigenvalue weighted by Crippen LogP contribution is 2.14. The van der Waals surface area contributed by atoms with Crippen LogP contribution < -0.4 is 10.5 Å². The summed E-state index contributed by atoms with van der Waals surface area (Å²) in [6.45, 7) is 2.95. The van der Waals surface area contributed by atoms with Gasteiger partial charge in [-0.3, -0.25) is 4.79 Å². The Morgan fingerprint density at radius 2 is 2.12 bits per heavy atom. The lowest BCUT2D eigenvalue weighted by Gasteiger charge is -2.04. The third-order valence-electron chi connectivity index (χ3n) is 1.87. The van der Waals surface area contributed by atoms with Gasteiger partial charge >= 0.3 is 5.97 Å². The minimum Gasteiger partial charge on any atom is -0.465 e. The lowest BCUT2D eigenvalue weighted by Crippen LogP contribution is -2.19. The molecule has 16 heavy (non-hydrogen) atoms. The average molecular weight is 240 g/mol. The first kappa shape index (κ1) is 13.0. The zero-order valence-electron chi connectivity index (χ0n) is 9.23. The fourth-order valence-corrected chi connectivity index (χ4v) is 1.71. The van der Waals surface area contributed by atoms with Crippen molar-refractivity contribution in [3.05, 3.63) is 29.8 Å². The zero-order valence-corrected chi connectivity index (χ0v) is 10.0. The van der Waals surface area contributed by atoms with Crippen LogP contribution in [0.4, 0.5) is 0 Å². The molecule has 0 bridgehead atoms. The maximum absolute atomic E-state index is 11.0. The Morgan fingerprint density at radius 1 is 1.44 bits per heavy atom. The van der Waals surface area contributed by atoms with Crippen LogP contribution in [0.15, 0.2) is 29.2 Å². The summed E-state index contributed by atoms with van der Waals surface area (Å²) in [4.78, 5) is 12.1. The Morgan fingerprint density at radius 3 is 2.69 bits per heavy atom. The normalized spacial score (nSPS) is 10.1. The number of hydrogen-bond acceptors (Lipinski definition) is 5. The molecule has 0 aliphatic carbocycles. The van der Waals surface area contributed by atoms with E-state index < -0.39 is 0 Å². The van der Waals surface area contributed by atoms with E-state index in [9.17, 15) is 4.79 Å². The highest BCUT2D eigenvalue weighted by molar-refractivity contribution is 7.97. The van der Waals surface area contributed by atoms with Gasteiger partial charge in [-0.15, -0.1) is 0 Å². The number of esters is 1. The van der Waals surface area contributed by atoms with Crippen molar-refractivity contribution in [1.82, 2.24) is 4.72 Å². The molecule has 0 aliphatic rings. The summed E-state index contributed by atoms with van der Waals surface area (Å²) in [5.41, 5.74) is 6.58. The number of hydrogen-bond donors (Lipinski definition) is 2. The summed E-state index contributed by atoms with van der Waals surface area (Å²) < 4.78 is 7.72. The molecule has 0 spiro atoms. The Labute approximate surface area is 99.7 Å². The van der Waals surface area contributed by atoms with Crippen LogP contribution in [-0.4, -0.2) is 19.1 Å². The molecule has 0 saturated carbocycles. The highest BCUT2D eigenvalue weighted by atomic mass is 32.2. The first-order valence-corrected chi connectivity index (χ1v) is 5.92. The molecular formula is C11H16N2O2S. The van der Waals surface area contributed by atoms with Crippen molar-refractivity contribution in [2.75, 3.05) is 13.2 Å². The highest BCUT2D eigenvalue weighted by Gasteiger charge is 2.00. The Bertz CT molecular complexity index is 327. The second-order valence-corrected chi connectivity index (χ2v) is 4.04. The topological polar surface area (TPSA) is 64.3 Å². The molecule has 0 amide bonds. The van der Waals surface area contributed by atoms with Crippen molar-refractivity contribution in [3.63, 3.8) is 0 Å². The number of ether oxygens (including phenoxy) is 1. The van der Waals surface area contributed by atoms with Gasteiger partial charge in [-0.1, -0.05) is 12.1 Å². The van der Waals surface area contributed by atoms with Crippen LogP contribution in [0, 0.1) is 0 Å². The van der Waals surface area contributed by atoms with E-state index >= 15 is 0 Å². The van der Waals surface area contributed by atoms with E-state index in [0.29, 0.717) is 13.2 Å². The van der Waals surface area contributed by atoms with Gasteiger partial charge in [0.15, 0.2) is 0 Å². The Balaban J connectivity index is 2.29. The van der Waals surface area contributed by atoms with Gasteiger partial charge in [-0.25, -0.2) is 4.72 Å². The summed E-state index contributed by atoms with van der Waals surface area (Å²) in [5, 5.41) is 0. The number of rotatable bonds is 6. The lowest BCUT2D eigenvalue weighted by atomic mass is 10.2. The van der Waals surface area contributed by atoms with Crippen molar-refractivity contribution in [2.45, 2.75) is 18.4 Å². The molecule has 0 aliphatic heterocycles. The van der Waals surface area contributed by atoms with Crippen LogP contribution >= 0.6 is 11.9 Å². The summed E-state index contributed by atoms with van der Waals surface area (Å²) in [5.74, 6) is -0.242. The molecule has 1 aromatic rings. The van der Waals surface area contributed by atoms with Crippen LogP contribution in [-0.2, 0) is 16.1 Å². The van der Waals surface area contributed by atoms with Crippen molar-refractivity contribution in [3.8, 4) is 0 Å². The van der Waals surface area contributed by atoms with Gasteiger partial charge < -0.3 is 10.5 Å². The Hall–Kier alpha value is -1.04. The van der Waals surface area contributed by atoms with Crippen LogP contribution in [0.25, 0.3) is 0 Å². The monoisotopic (exact) mass is 240 g/mol. The van der Waals surface area contributed by atoms with E-state index in [1.165, 1.54) is 11.9 Å². The molecule has 5 heteroatoms. The second-order valence-electron chi connectivity index (χ2n) is 3.08. The molecule has 88 valence electrons. The third-order valence-corrected chi connectivity index (χ3v) is 2.67. The number of carbonyl (C=O) groups is 1. The van der Waals surface area contributed by atoms with Crippen LogP contribution in [0.5, 0.6) is 0 Å². The predicted octanol–water partition coefficient (Wildman–Crippen LogP) is 1.31. The Kier molecular flexibility index (Phi) is 5.92. The standard InChI is InChI=1S/C11H16N2O2S/c1-2-15-11(14)8-13-16-10-5-3-9(7-12)4-6-10/h3-6,13H,2,7-8,12H2,1H3. The zero-order chi connectivity index (χ0) is 11.8.